The maximum Gasteiger partial charge on any atom is 0.338 e. The molecule has 0 spiro atoms. The lowest BCUT2D eigenvalue weighted by atomic mass is 10.2. The van der Waals surface area contributed by atoms with Gasteiger partial charge in [0.15, 0.2) is 24.1 Å². The molecule has 0 unspecified atom stereocenters. The van der Waals surface area contributed by atoms with Crippen molar-refractivity contribution in [2.45, 2.75) is 18.7 Å². The van der Waals surface area contributed by atoms with Crippen molar-refractivity contribution in [3.63, 3.8) is 0 Å². The van der Waals surface area contributed by atoms with E-state index in [4.69, 9.17) is 16.3 Å². The third-order valence-corrected chi connectivity index (χ3v) is 6.67. The van der Waals surface area contributed by atoms with Gasteiger partial charge in [0, 0.05) is 13.1 Å². The van der Waals surface area contributed by atoms with E-state index in [-0.39, 0.29) is 28.6 Å². The standard InChI is InChI=1S/C19H18ClF3N2O5S/c1-3-25(4-2)31(28,29)15-9-11(5-6-12(15)20)19(27)30-10-16(26)24-14-8-7-13(21)17(22)18(14)23/h5-9H,3-4,10H2,1-2H3,(H,24,26). The highest BCUT2D eigenvalue weighted by molar-refractivity contribution is 7.89. The van der Waals surface area contributed by atoms with E-state index in [1.807, 2.05) is 5.32 Å². The summed E-state index contributed by atoms with van der Waals surface area (Å²) in [6, 6.07) is 4.85. The average molecular weight is 479 g/mol. The molecular weight excluding hydrogens is 461 g/mol. The van der Waals surface area contributed by atoms with E-state index in [9.17, 15) is 31.2 Å². The molecule has 7 nitrogen and oxygen atoms in total. The van der Waals surface area contributed by atoms with E-state index < -0.39 is 51.6 Å². The van der Waals surface area contributed by atoms with Gasteiger partial charge in [0.05, 0.1) is 16.3 Å². The summed E-state index contributed by atoms with van der Waals surface area (Å²) >= 11 is 5.99. The lowest BCUT2D eigenvalue weighted by molar-refractivity contribution is -0.119. The topological polar surface area (TPSA) is 92.8 Å². The van der Waals surface area contributed by atoms with Gasteiger partial charge in [0.2, 0.25) is 10.0 Å². The number of sulfonamides is 1. The van der Waals surface area contributed by atoms with Crippen LogP contribution in [0.5, 0.6) is 0 Å². The van der Waals surface area contributed by atoms with Gasteiger partial charge < -0.3 is 10.1 Å². The molecule has 12 heteroatoms. The van der Waals surface area contributed by atoms with Crippen LogP contribution in [-0.4, -0.2) is 44.3 Å². The van der Waals surface area contributed by atoms with Crippen molar-refractivity contribution in [2.75, 3.05) is 25.0 Å². The molecule has 2 aromatic carbocycles. The van der Waals surface area contributed by atoms with Crippen LogP contribution < -0.4 is 5.32 Å². The molecule has 0 aliphatic rings. The number of halogens is 4. The number of ether oxygens (including phenoxy) is 1. The van der Waals surface area contributed by atoms with Crippen molar-refractivity contribution >= 4 is 39.2 Å². The van der Waals surface area contributed by atoms with Crippen LogP contribution in [0.4, 0.5) is 18.9 Å². The molecule has 0 radical (unpaired) electrons. The highest BCUT2D eigenvalue weighted by Gasteiger charge is 2.26. The molecule has 0 aliphatic carbocycles. The first-order valence-corrected chi connectivity index (χ1v) is 10.7. The Morgan fingerprint density at radius 2 is 1.71 bits per heavy atom. The Bertz CT molecular complexity index is 1110. The minimum atomic E-state index is -3.97. The lowest BCUT2D eigenvalue weighted by Crippen LogP contribution is -2.31. The number of carbonyl (C=O) groups is 2. The van der Waals surface area contributed by atoms with Crippen LogP contribution in [0, 0.1) is 17.5 Å². The second kappa shape index (κ2) is 10.1. The van der Waals surface area contributed by atoms with Crippen molar-refractivity contribution in [3.05, 3.63) is 58.4 Å². The summed E-state index contributed by atoms with van der Waals surface area (Å²) < 4.78 is 71.0. The molecule has 0 saturated heterocycles. The zero-order chi connectivity index (χ0) is 23.3. The number of benzene rings is 2. The summed E-state index contributed by atoms with van der Waals surface area (Å²) in [6.07, 6.45) is 0. The van der Waals surface area contributed by atoms with Gasteiger partial charge in [-0.1, -0.05) is 25.4 Å². The number of rotatable bonds is 8. The Balaban J connectivity index is 2.13. The van der Waals surface area contributed by atoms with E-state index in [1.165, 1.54) is 12.1 Å². The van der Waals surface area contributed by atoms with Crippen molar-refractivity contribution in [2.24, 2.45) is 0 Å². The fourth-order valence-corrected chi connectivity index (χ4v) is 4.51. The molecule has 0 bridgehead atoms. The van der Waals surface area contributed by atoms with Gasteiger partial charge in [0.1, 0.15) is 4.90 Å². The number of esters is 1. The highest BCUT2D eigenvalue weighted by atomic mass is 35.5. The summed E-state index contributed by atoms with van der Waals surface area (Å²) in [6.45, 7) is 2.76. The molecule has 1 N–H and O–H groups in total. The van der Waals surface area contributed by atoms with Gasteiger partial charge in [-0.2, -0.15) is 4.31 Å². The lowest BCUT2D eigenvalue weighted by Gasteiger charge is -2.19. The molecule has 168 valence electrons. The first kappa shape index (κ1) is 24.6. The SMILES string of the molecule is CCN(CC)S(=O)(=O)c1cc(C(=O)OCC(=O)Nc2ccc(F)c(F)c2F)ccc1Cl. The van der Waals surface area contributed by atoms with Gasteiger partial charge in [-0.3, -0.25) is 4.79 Å². The third-order valence-electron chi connectivity index (χ3n) is 4.13. The van der Waals surface area contributed by atoms with Gasteiger partial charge in [0.25, 0.3) is 5.91 Å². The minimum absolute atomic E-state index is 0.102. The quantitative estimate of drug-likeness (QED) is 0.462. The number of nitrogens with one attached hydrogen (secondary N) is 1. The Kier molecular flexibility index (Phi) is 8.04. The predicted molar refractivity (Wildman–Crippen MR) is 107 cm³/mol. The second-order valence-corrected chi connectivity index (χ2v) is 8.40. The van der Waals surface area contributed by atoms with Gasteiger partial charge in [-0.25, -0.2) is 26.4 Å². The Morgan fingerprint density at radius 1 is 1.06 bits per heavy atom. The van der Waals surface area contributed by atoms with Gasteiger partial charge in [-0.05, 0) is 30.3 Å². The summed E-state index contributed by atoms with van der Waals surface area (Å²) in [5.74, 6) is -6.88. The van der Waals surface area contributed by atoms with Crippen LogP contribution >= 0.6 is 11.6 Å². The normalized spacial score (nSPS) is 11.5. The molecule has 0 fully saturated rings. The fraction of sp³-hybridized carbons (Fsp3) is 0.263. The first-order chi connectivity index (χ1) is 14.5. The number of amides is 1. The summed E-state index contributed by atoms with van der Waals surface area (Å²) in [5, 5.41) is 1.84. The summed E-state index contributed by atoms with van der Waals surface area (Å²) in [7, 11) is -3.97. The number of nitrogens with zero attached hydrogens (tertiary/aromatic N) is 1. The maximum absolute atomic E-state index is 13.6. The van der Waals surface area contributed by atoms with E-state index in [0.717, 1.165) is 16.4 Å². The molecule has 0 aromatic heterocycles. The van der Waals surface area contributed by atoms with E-state index in [0.29, 0.717) is 6.07 Å². The van der Waals surface area contributed by atoms with E-state index in [1.54, 1.807) is 13.8 Å². The van der Waals surface area contributed by atoms with Crippen LogP contribution in [0.3, 0.4) is 0 Å². The van der Waals surface area contributed by atoms with Crippen molar-refractivity contribution in [1.82, 2.24) is 4.31 Å². The predicted octanol–water partition coefficient (Wildman–Crippen LogP) is 3.58. The zero-order valence-corrected chi connectivity index (χ0v) is 18.0. The highest BCUT2D eigenvalue weighted by Crippen LogP contribution is 2.26. The number of anilines is 1. The number of hydrogen-bond donors (Lipinski definition) is 1. The minimum Gasteiger partial charge on any atom is -0.452 e. The molecule has 0 heterocycles. The Labute approximate surface area is 181 Å². The van der Waals surface area contributed by atoms with Crippen molar-refractivity contribution in [3.8, 4) is 0 Å². The first-order valence-electron chi connectivity index (χ1n) is 8.93. The van der Waals surface area contributed by atoms with Crippen LogP contribution in [0.2, 0.25) is 5.02 Å². The molecule has 1 amide bonds. The van der Waals surface area contributed by atoms with Crippen LogP contribution in [0.15, 0.2) is 35.2 Å². The second-order valence-electron chi connectivity index (χ2n) is 6.08. The average Bonchev–Trinajstić information content (AvgIpc) is 2.73. The van der Waals surface area contributed by atoms with Crippen LogP contribution in [-0.2, 0) is 19.6 Å². The van der Waals surface area contributed by atoms with Crippen LogP contribution in [0.1, 0.15) is 24.2 Å². The van der Waals surface area contributed by atoms with Crippen molar-refractivity contribution in [1.29, 1.82) is 0 Å². The van der Waals surface area contributed by atoms with Crippen LogP contribution in [0.25, 0.3) is 0 Å². The molecule has 0 aliphatic heterocycles. The number of hydrogen-bond acceptors (Lipinski definition) is 5. The molecular formula is C19H18ClF3N2O5S. The summed E-state index contributed by atoms with van der Waals surface area (Å²) in [5.41, 5.74) is -0.832. The molecule has 0 atom stereocenters. The fourth-order valence-electron chi connectivity index (χ4n) is 2.55. The Morgan fingerprint density at radius 3 is 2.32 bits per heavy atom. The Hall–Kier alpha value is -2.63. The van der Waals surface area contributed by atoms with Gasteiger partial charge >= 0.3 is 5.97 Å². The number of carbonyl (C=O) groups excluding carboxylic acids is 2. The molecule has 31 heavy (non-hydrogen) atoms. The smallest absolute Gasteiger partial charge is 0.338 e. The van der Waals surface area contributed by atoms with Gasteiger partial charge in [-0.15, -0.1) is 0 Å². The van der Waals surface area contributed by atoms with E-state index >= 15 is 0 Å². The molecule has 0 saturated carbocycles. The molecule has 2 rings (SSSR count). The zero-order valence-electron chi connectivity index (χ0n) is 16.4. The largest absolute Gasteiger partial charge is 0.452 e. The summed E-state index contributed by atoms with van der Waals surface area (Å²) in [4.78, 5) is 23.8. The third kappa shape index (κ3) is 5.54. The van der Waals surface area contributed by atoms with Crippen molar-refractivity contribution < 1.29 is 35.9 Å². The van der Waals surface area contributed by atoms with E-state index in [2.05, 4.69) is 0 Å². The molecule has 2 aromatic rings. The maximum atomic E-state index is 13.6. The monoisotopic (exact) mass is 478 g/mol.